The van der Waals surface area contributed by atoms with Crippen LogP contribution in [0.1, 0.15) is 31.2 Å². The monoisotopic (exact) mass is 292 g/mol. The van der Waals surface area contributed by atoms with E-state index < -0.39 is 0 Å². The molecule has 0 aliphatic carbocycles. The van der Waals surface area contributed by atoms with Crippen LogP contribution in [0.15, 0.2) is 30.3 Å². The molecular formula is C17H28N2S. The molecule has 0 N–H and O–H groups in total. The summed E-state index contributed by atoms with van der Waals surface area (Å²) < 4.78 is 0. The summed E-state index contributed by atoms with van der Waals surface area (Å²) in [7, 11) is 2.25. The minimum atomic E-state index is 0.539. The summed E-state index contributed by atoms with van der Waals surface area (Å²) in [6.07, 6.45) is 2.51. The molecule has 1 heterocycles. The number of hydrogen-bond donors (Lipinski definition) is 1. The summed E-state index contributed by atoms with van der Waals surface area (Å²) in [4.78, 5) is 5.17. The van der Waals surface area contributed by atoms with E-state index in [1.54, 1.807) is 0 Å². The molecule has 2 atom stereocenters. The molecule has 3 heteroatoms. The Hall–Kier alpha value is -0.510. The molecule has 0 saturated carbocycles. The molecule has 2 unspecified atom stereocenters. The van der Waals surface area contributed by atoms with Crippen LogP contribution in [-0.2, 0) is 0 Å². The van der Waals surface area contributed by atoms with Crippen molar-refractivity contribution in [2.24, 2.45) is 0 Å². The molecule has 0 amide bonds. The standard InChI is InChI=1S/C17H28N2S/c1-3-17-13-18(2)10-7-11-19(17)12-16(14-20)15-8-5-4-6-9-15/h4-6,8-9,16-17,20H,3,7,10-14H2,1-2H3. The van der Waals surface area contributed by atoms with Crippen LogP contribution in [0.2, 0.25) is 0 Å². The highest BCUT2D eigenvalue weighted by Crippen LogP contribution is 2.22. The molecule has 20 heavy (non-hydrogen) atoms. The van der Waals surface area contributed by atoms with Crippen molar-refractivity contribution in [3.05, 3.63) is 35.9 Å². The first kappa shape index (κ1) is 15.9. The van der Waals surface area contributed by atoms with E-state index in [9.17, 15) is 0 Å². The zero-order valence-electron chi connectivity index (χ0n) is 12.8. The third-order valence-electron chi connectivity index (χ3n) is 4.44. The molecule has 0 bridgehead atoms. The van der Waals surface area contributed by atoms with Crippen molar-refractivity contribution in [2.75, 3.05) is 39.0 Å². The summed E-state index contributed by atoms with van der Waals surface area (Å²) in [5, 5.41) is 0. The second kappa shape index (κ2) is 8.06. The number of hydrogen-bond acceptors (Lipinski definition) is 3. The molecular weight excluding hydrogens is 264 g/mol. The quantitative estimate of drug-likeness (QED) is 0.833. The van der Waals surface area contributed by atoms with Crippen LogP contribution in [-0.4, -0.2) is 54.8 Å². The number of rotatable bonds is 5. The van der Waals surface area contributed by atoms with E-state index in [2.05, 4.69) is 66.7 Å². The first-order chi connectivity index (χ1) is 9.74. The van der Waals surface area contributed by atoms with Crippen LogP contribution >= 0.6 is 12.6 Å². The fourth-order valence-corrected chi connectivity index (χ4v) is 3.52. The molecule has 2 nitrogen and oxygen atoms in total. The molecule has 1 aromatic carbocycles. The summed E-state index contributed by atoms with van der Waals surface area (Å²) in [5.74, 6) is 1.46. The number of nitrogens with zero attached hydrogens (tertiary/aromatic N) is 2. The van der Waals surface area contributed by atoms with Crippen LogP contribution in [0.4, 0.5) is 0 Å². The average Bonchev–Trinajstić information content (AvgIpc) is 2.66. The van der Waals surface area contributed by atoms with E-state index in [1.165, 1.54) is 38.0 Å². The molecule has 112 valence electrons. The molecule has 1 fully saturated rings. The lowest BCUT2D eigenvalue weighted by Crippen LogP contribution is -2.42. The normalized spacial score (nSPS) is 23.4. The highest BCUT2D eigenvalue weighted by atomic mass is 32.1. The second-order valence-corrected chi connectivity index (χ2v) is 6.33. The molecule has 0 radical (unpaired) electrons. The minimum absolute atomic E-state index is 0.539. The zero-order valence-corrected chi connectivity index (χ0v) is 13.7. The van der Waals surface area contributed by atoms with Gasteiger partial charge in [-0.05, 0) is 44.3 Å². The van der Waals surface area contributed by atoms with E-state index in [-0.39, 0.29) is 0 Å². The Morgan fingerprint density at radius 2 is 2.00 bits per heavy atom. The van der Waals surface area contributed by atoms with Gasteiger partial charge in [0.1, 0.15) is 0 Å². The predicted octanol–water partition coefficient (Wildman–Crippen LogP) is 3.12. The van der Waals surface area contributed by atoms with Crippen molar-refractivity contribution in [1.29, 1.82) is 0 Å². The van der Waals surface area contributed by atoms with Crippen LogP contribution in [0.5, 0.6) is 0 Å². The Kier molecular flexibility index (Phi) is 6.40. The van der Waals surface area contributed by atoms with Crippen molar-refractivity contribution in [3.63, 3.8) is 0 Å². The molecule has 0 spiro atoms. The second-order valence-electron chi connectivity index (χ2n) is 5.96. The molecule has 0 aromatic heterocycles. The van der Waals surface area contributed by atoms with Crippen molar-refractivity contribution in [1.82, 2.24) is 9.80 Å². The van der Waals surface area contributed by atoms with Crippen molar-refractivity contribution >= 4 is 12.6 Å². The van der Waals surface area contributed by atoms with Gasteiger partial charge in [-0.3, -0.25) is 4.90 Å². The van der Waals surface area contributed by atoms with Gasteiger partial charge in [-0.15, -0.1) is 0 Å². The van der Waals surface area contributed by atoms with Gasteiger partial charge in [-0.25, -0.2) is 0 Å². The predicted molar refractivity (Wildman–Crippen MR) is 90.8 cm³/mol. The maximum atomic E-state index is 4.59. The summed E-state index contributed by atoms with van der Waals surface area (Å²) in [6.45, 7) is 7.10. The highest BCUT2D eigenvalue weighted by molar-refractivity contribution is 7.80. The Bertz CT molecular complexity index is 382. The van der Waals surface area contributed by atoms with E-state index in [0.717, 1.165) is 12.3 Å². The van der Waals surface area contributed by atoms with Crippen molar-refractivity contribution in [2.45, 2.75) is 31.7 Å². The third-order valence-corrected chi connectivity index (χ3v) is 4.88. The largest absolute Gasteiger partial charge is 0.305 e. The van der Waals surface area contributed by atoms with E-state index in [4.69, 9.17) is 0 Å². The Balaban J connectivity index is 2.05. The van der Waals surface area contributed by atoms with Gasteiger partial charge in [0.05, 0.1) is 0 Å². The molecule has 2 rings (SSSR count). The van der Waals surface area contributed by atoms with Crippen LogP contribution in [0.3, 0.4) is 0 Å². The summed E-state index contributed by atoms with van der Waals surface area (Å²) in [5.41, 5.74) is 1.43. The SMILES string of the molecule is CCC1CN(C)CCCN1CC(CS)c1ccccc1. The first-order valence-corrected chi connectivity index (χ1v) is 8.46. The third kappa shape index (κ3) is 4.24. The lowest BCUT2D eigenvalue weighted by atomic mass is 9.99. The van der Waals surface area contributed by atoms with E-state index >= 15 is 0 Å². The molecule has 1 aromatic rings. The van der Waals surface area contributed by atoms with E-state index in [0.29, 0.717) is 12.0 Å². The Labute approximate surface area is 129 Å². The fraction of sp³-hybridized carbons (Fsp3) is 0.647. The van der Waals surface area contributed by atoms with Crippen LogP contribution in [0, 0.1) is 0 Å². The maximum Gasteiger partial charge on any atom is 0.0220 e. The lowest BCUT2D eigenvalue weighted by molar-refractivity contribution is 0.176. The Morgan fingerprint density at radius 1 is 1.25 bits per heavy atom. The van der Waals surface area contributed by atoms with Gasteiger partial charge in [-0.2, -0.15) is 12.6 Å². The van der Waals surface area contributed by atoms with Crippen LogP contribution < -0.4 is 0 Å². The number of likely N-dealkylation sites (N-methyl/N-ethyl adjacent to an activating group) is 1. The van der Waals surface area contributed by atoms with Gasteiger partial charge < -0.3 is 4.90 Å². The topological polar surface area (TPSA) is 6.48 Å². The van der Waals surface area contributed by atoms with Gasteiger partial charge >= 0.3 is 0 Å². The first-order valence-electron chi connectivity index (χ1n) is 7.83. The summed E-state index contributed by atoms with van der Waals surface area (Å²) in [6, 6.07) is 11.5. The molecule has 1 aliphatic heterocycles. The van der Waals surface area contributed by atoms with Crippen molar-refractivity contribution < 1.29 is 0 Å². The fourth-order valence-electron chi connectivity index (χ4n) is 3.20. The average molecular weight is 292 g/mol. The van der Waals surface area contributed by atoms with Gasteiger partial charge in [0.2, 0.25) is 0 Å². The molecule has 1 saturated heterocycles. The Morgan fingerprint density at radius 3 is 2.65 bits per heavy atom. The van der Waals surface area contributed by atoms with Crippen LogP contribution in [0.25, 0.3) is 0 Å². The van der Waals surface area contributed by atoms with Gasteiger partial charge in [-0.1, -0.05) is 37.3 Å². The minimum Gasteiger partial charge on any atom is -0.305 e. The van der Waals surface area contributed by atoms with Gasteiger partial charge in [0.25, 0.3) is 0 Å². The van der Waals surface area contributed by atoms with Gasteiger partial charge in [0, 0.05) is 25.0 Å². The smallest absolute Gasteiger partial charge is 0.0220 e. The van der Waals surface area contributed by atoms with Gasteiger partial charge in [0.15, 0.2) is 0 Å². The van der Waals surface area contributed by atoms with E-state index in [1.807, 2.05) is 0 Å². The highest BCUT2D eigenvalue weighted by Gasteiger charge is 2.24. The molecule has 1 aliphatic rings. The maximum absolute atomic E-state index is 4.59. The summed E-state index contributed by atoms with van der Waals surface area (Å²) >= 11 is 4.59. The zero-order chi connectivity index (χ0) is 14.4. The number of benzene rings is 1. The van der Waals surface area contributed by atoms with Crippen molar-refractivity contribution in [3.8, 4) is 0 Å². The lowest BCUT2D eigenvalue weighted by Gasteiger charge is -2.33. The number of thiol groups is 1.